The van der Waals surface area contributed by atoms with E-state index >= 15 is 0 Å². The van der Waals surface area contributed by atoms with Crippen molar-refractivity contribution in [1.82, 2.24) is 15.0 Å². The Labute approximate surface area is 267 Å². The van der Waals surface area contributed by atoms with Crippen molar-refractivity contribution in [2.75, 3.05) is 0 Å². The minimum atomic E-state index is 0.625. The maximum atomic E-state index is 6.42. The molecular weight excluding hydrogens is 583 g/mol. The molecule has 0 aliphatic heterocycles. The van der Waals surface area contributed by atoms with Crippen molar-refractivity contribution in [3.05, 3.63) is 140 Å². The molecule has 10 aromatic rings. The second-order valence-electron chi connectivity index (χ2n) is 11.6. The summed E-state index contributed by atoms with van der Waals surface area (Å²) in [5.74, 6) is 1.91. The lowest BCUT2D eigenvalue weighted by Gasteiger charge is -2.12. The van der Waals surface area contributed by atoms with Crippen molar-refractivity contribution in [3.8, 4) is 34.2 Å². The summed E-state index contributed by atoms with van der Waals surface area (Å²) in [6.45, 7) is 0. The number of hydrogen-bond acceptors (Lipinski definition) is 5. The third kappa shape index (κ3) is 3.82. The van der Waals surface area contributed by atoms with Gasteiger partial charge in [0, 0.05) is 47.6 Å². The zero-order valence-electron chi connectivity index (χ0n) is 24.4. The molecule has 7 aromatic carbocycles. The Kier molecular flexibility index (Phi) is 5.41. The lowest BCUT2D eigenvalue weighted by atomic mass is 9.97. The Morgan fingerprint density at radius 1 is 0.457 bits per heavy atom. The second kappa shape index (κ2) is 9.80. The number of nitrogens with zero attached hydrogens (tertiary/aromatic N) is 3. The van der Waals surface area contributed by atoms with Crippen LogP contribution in [0.2, 0.25) is 0 Å². The van der Waals surface area contributed by atoms with E-state index in [1.165, 1.54) is 25.6 Å². The lowest BCUT2D eigenvalue weighted by Crippen LogP contribution is -2.01. The number of fused-ring (bicyclic) bond motifs is 8. The molecule has 3 heterocycles. The standard InChI is InChI=1S/C41H23N3OS/c1-2-11-25-22-27(21-20-24(25)10-1)39-42-40(32-17-9-16-30-29-14-6-8-19-35(29)46-38(30)32)44-41(43-39)37-28-13-4-3-12-26(28)23-34-36(37)31-15-5-7-18-33(31)45-34/h1-23H. The third-order valence-electron chi connectivity index (χ3n) is 8.90. The monoisotopic (exact) mass is 605 g/mol. The molecule has 0 atom stereocenters. The van der Waals surface area contributed by atoms with Gasteiger partial charge >= 0.3 is 0 Å². The first-order valence-electron chi connectivity index (χ1n) is 15.3. The van der Waals surface area contributed by atoms with E-state index in [0.29, 0.717) is 17.5 Å². The number of rotatable bonds is 3. The maximum absolute atomic E-state index is 6.42. The van der Waals surface area contributed by atoms with Crippen LogP contribution in [-0.4, -0.2) is 15.0 Å². The molecule has 0 saturated heterocycles. The minimum absolute atomic E-state index is 0.625. The first kappa shape index (κ1) is 25.4. The van der Waals surface area contributed by atoms with Crippen LogP contribution in [-0.2, 0) is 0 Å². The van der Waals surface area contributed by atoms with Crippen molar-refractivity contribution in [2.24, 2.45) is 0 Å². The topological polar surface area (TPSA) is 51.8 Å². The molecule has 4 nitrogen and oxygen atoms in total. The predicted octanol–water partition coefficient (Wildman–Crippen LogP) is 11.4. The average Bonchev–Trinajstić information content (AvgIpc) is 3.68. The van der Waals surface area contributed by atoms with Gasteiger partial charge in [-0.3, -0.25) is 0 Å². The highest BCUT2D eigenvalue weighted by molar-refractivity contribution is 7.26. The van der Waals surface area contributed by atoms with E-state index < -0.39 is 0 Å². The largest absolute Gasteiger partial charge is 0.456 e. The molecule has 5 heteroatoms. The van der Waals surface area contributed by atoms with Crippen LogP contribution < -0.4 is 0 Å². The van der Waals surface area contributed by atoms with Crippen molar-refractivity contribution in [1.29, 1.82) is 0 Å². The van der Waals surface area contributed by atoms with E-state index in [0.717, 1.165) is 54.8 Å². The van der Waals surface area contributed by atoms with Gasteiger partial charge in [0.2, 0.25) is 0 Å². The number of para-hydroxylation sites is 1. The zero-order chi connectivity index (χ0) is 30.2. The van der Waals surface area contributed by atoms with E-state index in [1.54, 1.807) is 11.3 Å². The molecule has 3 aromatic heterocycles. The van der Waals surface area contributed by atoms with Gasteiger partial charge in [-0.05, 0) is 51.9 Å². The summed E-state index contributed by atoms with van der Waals surface area (Å²) in [6.07, 6.45) is 0. The first-order valence-corrected chi connectivity index (χ1v) is 16.1. The number of hydrogen-bond donors (Lipinski definition) is 0. The van der Waals surface area contributed by atoms with Gasteiger partial charge in [-0.15, -0.1) is 11.3 Å². The molecular formula is C41H23N3OS. The number of furan rings is 1. The normalized spacial score (nSPS) is 11.9. The van der Waals surface area contributed by atoms with Gasteiger partial charge in [-0.1, -0.05) is 109 Å². The Balaban J connectivity index is 1.33. The predicted molar refractivity (Wildman–Crippen MR) is 191 cm³/mol. The van der Waals surface area contributed by atoms with Crippen molar-refractivity contribution in [3.63, 3.8) is 0 Å². The van der Waals surface area contributed by atoms with E-state index in [1.807, 2.05) is 12.1 Å². The number of thiophene rings is 1. The molecule has 0 spiro atoms. The van der Waals surface area contributed by atoms with Gasteiger partial charge in [0.15, 0.2) is 17.5 Å². The van der Waals surface area contributed by atoms with Gasteiger partial charge in [0.1, 0.15) is 11.2 Å². The molecule has 0 unspecified atom stereocenters. The summed E-state index contributed by atoms with van der Waals surface area (Å²) in [7, 11) is 0. The summed E-state index contributed by atoms with van der Waals surface area (Å²) >= 11 is 1.78. The Morgan fingerprint density at radius 3 is 2.07 bits per heavy atom. The van der Waals surface area contributed by atoms with Crippen LogP contribution in [0, 0.1) is 0 Å². The van der Waals surface area contributed by atoms with E-state index in [9.17, 15) is 0 Å². The van der Waals surface area contributed by atoms with Crippen LogP contribution in [0.25, 0.3) is 97.8 Å². The highest BCUT2D eigenvalue weighted by Crippen LogP contribution is 2.43. The van der Waals surface area contributed by atoms with Crippen LogP contribution in [0.1, 0.15) is 0 Å². The highest BCUT2D eigenvalue weighted by atomic mass is 32.1. The highest BCUT2D eigenvalue weighted by Gasteiger charge is 2.22. The minimum Gasteiger partial charge on any atom is -0.456 e. The fraction of sp³-hybridized carbons (Fsp3) is 0. The zero-order valence-corrected chi connectivity index (χ0v) is 25.3. The van der Waals surface area contributed by atoms with Gasteiger partial charge in [0.05, 0.1) is 0 Å². The molecule has 0 amide bonds. The van der Waals surface area contributed by atoms with Gasteiger partial charge in [0.25, 0.3) is 0 Å². The Morgan fingerprint density at radius 2 is 1.15 bits per heavy atom. The summed E-state index contributed by atoms with van der Waals surface area (Å²) in [6, 6.07) is 48.5. The number of benzene rings is 7. The second-order valence-corrected chi connectivity index (χ2v) is 12.6. The molecule has 0 saturated carbocycles. The van der Waals surface area contributed by atoms with Crippen molar-refractivity contribution >= 4 is 75.0 Å². The van der Waals surface area contributed by atoms with Crippen molar-refractivity contribution in [2.45, 2.75) is 0 Å². The summed E-state index contributed by atoms with van der Waals surface area (Å²) in [5, 5.41) is 8.97. The molecule has 0 bridgehead atoms. The summed E-state index contributed by atoms with van der Waals surface area (Å²) < 4.78 is 8.84. The molecule has 0 fully saturated rings. The van der Waals surface area contributed by atoms with Crippen LogP contribution in [0.5, 0.6) is 0 Å². The van der Waals surface area contributed by atoms with Crippen molar-refractivity contribution < 1.29 is 4.42 Å². The summed E-state index contributed by atoms with van der Waals surface area (Å²) in [4.78, 5) is 15.8. The molecule has 0 radical (unpaired) electrons. The van der Waals surface area contributed by atoms with E-state index in [-0.39, 0.29) is 0 Å². The SMILES string of the molecule is c1ccc2cc(-c3nc(-c4cccc5c4sc4ccccc45)nc(-c4c5ccccc5cc5oc6ccccc6c45)n3)ccc2c1. The van der Waals surface area contributed by atoms with Gasteiger partial charge in [-0.25, -0.2) is 15.0 Å². The lowest BCUT2D eigenvalue weighted by molar-refractivity contribution is 0.669. The third-order valence-corrected chi connectivity index (χ3v) is 10.1. The van der Waals surface area contributed by atoms with E-state index in [2.05, 4.69) is 127 Å². The molecule has 0 aliphatic rings. The van der Waals surface area contributed by atoms with Crippen LogP contribution in [0.3, 0.4) is 0 Å². The average molecular weight is 606 g/mol. The molecule has 10 rings (SSSR count). The molecule has 214 valence electrons. The number of aromatic nitrogens is 3. The van der Waals surface area contributed by atoms with Crippen LogP contribution in [0.4, 0.5) is 0 Å². The van der Waals surface area contributed by atoms with Gasteiger partial charge in [-0.2, -0.15) is 0 Å². The smallest absolute Gasteiger partial charge is 0.165 e. The van der Waals surface area contributed by atoms with E-state index in [4.69, 9.17) is 19.4 Å². The first-order chi connectivity index (χ1) is 22.8. The summed E-state index contributed by atoms with van der Waals surface area (Å²) in [5.41, 5.74) is 4.55. The molecule has 46 heavy (non-hydrogen) atoms. The maximum Gasteiger partial charge on any atom is 0.165 e. The fourth-order valence-corrected chi connectivity index (χ4v) is 7.98. The fourth-order valence-electron chi connectivity index (χ4n) is 6.77. The van der Waals surface area contributed by atoms with Gasteiger partial charge < -0.3 is 4.42 Å². The Bertz CT molecular complexity index is 2830. The molecule has 0 aliphatic carbocycles. The van der Waals surface area contributed by atoms with Crippen LogP contribution >= 0.6 is 11.3 Å². The Hall–Kier alpha value is -5.91. The quantitative estimate of drug-likeness (QED) is 0.201. The van der Waals surface area contributed by atoms with Crippen LogP contribution in [0.15, 0.2) is 144 Å². The molecule has 0 N–H and O–H groups in total.